The lowest BCUT2D eigenvalue weighted by molar-refractivity contribution is 0.0384. The highest BCUT2D eigenvalue weighted by atomic mass is 16.5. The maximum Gasteiger partial charge on any atom is 0.159 e. The van der Waals surface area contributed by atoms with Crippen LogP contribution in [0.15, 0.2) is 36.5 Å². The summed E-state index contributed by atoms with van der Waals surface area (Å²) < 4.78 is 5.37. The van der Waals surface area contributed by atoms with Crippen LogP contribution in [0, 0.1) is 0 Å². The smallest absolute Gasteiger partial charge is 0.159 e. The van der Waals surface area contributed by atoms with Crippen molar-refractivity contribution in [2.45, 2.75) is 13.0 Å². The Hall–Kier alpha value is -1.82. The molecule has 1 aromatic carbocycles. The second-order valence-corrected chi connectivity index (χ2v) is 5.43. The zero-order valence-electron chi connectivity index (χ0n) is 12.6. The number of nitrogens with zero attached hydrogens (tertiary/aromatic N) is 3. The molecule has 1 N–H and O–H groups in total. The molecule has 1 aliphatic rings. The summed E-state index contributed by atoms with van der Waals surface area (Å²) in [6.07, 6.45) is 2.70. The molecule has 0 bridgehead atoms. The van der Waals surface area contributed by atoms with E-state index in [4.69, 9.17) is 4.74 Å². The third-order valence-electron chi connectivity index (χ3n) is 3.88. The minimum absolute atomic E-state index is 0.0633. The number of morpholine rings is 1. The van der Waals surface area contributed by atoms with Gasteiger partial charge in [-0.1, -0.05) is 18.2 Å². The Balaban J connectivity index is 1.68. The van der Waals surface area contributed by atoms with Crippen molar-refractivity contribution in [1.82, 2.24) is 14.9 Å². The molecular weight excluding hydrogens is 278 g/mol. The van der Waals surface area contributed by atoms with E-state index in [1.165, 1.54) is 5.56 Å². The summed E-state index contributed by atoms with van der Waals surface area (Å²) in [5.41, 5.74) is 2.92. The summed E-state index contributed by atoms with van der Waals surface area (Å²) in [7, 11) is 0. The summed E-state index contributed by atoms with van der Waals surface area (Å²) in [6, 6.07) is 10.1. The second kappa shape index (κ2) is 7.45. The van der Waals surface area contributed by atoms with Gasteiger partial charge in [0.25, 0.3) is 0 Å². The summed E-state index contributed by atoms with van der Waals surface area (Å²) in [5, 5.41) is 9.19. The number of hydrogen-bond donors (Lipinski definition) is 1. The second-order valence-electron chi connectivity index (χ2n) is 5.43. The van der Waals surface area contributed by atoms with Crippen LogP contribution >= 0.6 is 0 Å². The number of rotatable bonds is 5. The normalized spacial score (nSPS) is 15.9. The van der Waals surface area contributed by atoms with Crippen molar-refractivity contribution in [3.8, 4) is 11.4 Å². The summed E-state index contributed by atoms with van der Waals surface area (Å²) in [4.78, 5) is 11.1. The van der Waals surface area contributed by atoms with Crippen molar-refractivity contribution < 1.29 is 9.84 Å². The summed E-state index contributed by atoms with van der Waals surface area (Å²) >= 11 is 0. The molecule has 0 unspecified atom stereocenters. The van der Waals surface area contributed by atoms with E-state index in [1.54, 1.807) is 12.3 Å². The van der Waals surface area contributed by atoms with Crippen molar-refractivity contribution in [1.29, 1.82) is 0 Å². The van der Waals surface area contributed by atoms with Crippen LogP contribution in [-0.4, -0.2) is 52.8 Å². The Kier molecular flexibility index (Phi) is 5.11. The van der Waals surface area contributed by atoms with Crippen LogP contribution in [0.25, 0.3) is 11.4 Å². The van der Waals surface area contributed by atoms with Crippen LogP contribution in [0.1, 0.15) is 11.3 Å². The Morgan fingerprint density at radius 1 is 1.18 bits per heavy atom. The van der Waals surface area contributed by atoms with E-state index in [0.29, 0.717) is 11.5 Å². The first kappa shape index (κ1) is 15.1. The first-order valence-corrected chi connectivity index (χ1v) is 7.67. The molecule has 5 nitrogen and oxygen atoms in total. The lowest BCUT2D eigenvalue weighted by Crippen LogP contribution is -2.37. The van der Waals surface area contributed by atoms with Gasteiger partial charge in [-0.05, 0) is 24.1 Å². The van der Waals surface area contributed by atoms with Gasteiger partial charge in [-0.2, -0.15) is 0 Å². The van der Waals surface area contributed by atoms with Crippen LogP contribution in [-0.2, 0) is 17.8 Å². The molecule has 0 saturated carbocycles. The highest BCUT2D eigenvalue weighted by Crippen LogP contribution is 2.17. The first-order valence-electron chi connectivity index (χ1n) is 7.67. The average Bonchev–Trinajstić information content (AvgIpc) is 2.61. The van der Waals surface area contributed by atoms with Gasteiger partial charge in [-0.25, -0.2) is 9.97 Å². The van der Waals surface area contributed by atoms with Gasteiger partial charge < -0.3 is 9.84 Å². The largest absolute Gasteiger partial charge is 0.390 e. The zero-order valence-corrected chi connectivity index (χ0v) is 12.6. The standard InChI is InChI=1S/C17H21N3O2/c21-13-16-4-6-18-17(19-16)15-3-1-2-14(12-15)5-7-20-8-10-22-11-9-20/h1-4,6,12,21H,5,7-11,13H2. The monoisotopic (exact) mass is 299 g/mol. The number of benzene rings is 1. The van der Waals surface area contributed by atoms with Gasteiger partial charge in [0.1, 0.15) is 0 Å². The van der Waals surface area contributed by atoms with Gasteiger partial charge >= 0.3 is 0 Å². The van der Waals surface area contributed by atoms with Crippen LogP contribution in [0.5, 0.6) is 0 Å². The zero-order chi connectivity index (χ0) is 15.2. The number of ether oxygens (including phenoxy) is 1. The van der Waals surface area contributed by atoms with E-state index in [0.717, 1.165) is 44.8 Å². The molecule has 0 radical (unpaired) electrons. The fourth-order valence-corrected chi connectivity index (χ4v) is 2.60. The van der Waals surface area contributed by atoms with Gasteiger partial charge in [0, 0.05) is 31.4 Å². The Morgan fingerprint density at radius 3 is 2.86 bits per heavy atom. The Labute approximate surface area is 130 Å². The highest BCUT2D eigenvalue weighted by molar-refractivity contribution is 5.56. The van der Waals surface area contributed by atoms with Crippen LogP contribution in [0.2, 0.25) is 0 Å². The predicted molar refractivity (Wildman–Crippen MR) is 84.4 cm³/mol. The highest BCUT2D eigenvalue weighted by Gasteiger charge is 2.10. The topological polar surface area (TPSA) is 58.5 Å². The SMILES string of the molecule is OCc1ccnc(-c2cccc(CCN3CCOCC3)c2)n1. The molecule has 1 aromatic heterocycles. The number of hydrogen-bond acceptors (Lipinski definition) is 5. The molecule has 1 aliphatic heterocycles. The number of aliphatic hydroxyl groups excluding tert-OH is 1. The van der Waals surface area contributed by atoms with Crippen LogP contribution in [0.3, 0.4) is 0 Å². The van der Waals surface area contributed by atoms with Crippen molar-refractivity contribution in [3.05, 3.63) is 47.8 Å². The molecule has 0 amide bonds. The Morgan fingerprint density at radius 2 is 2.05 bits per heavy atom. The lowest BCUT2D eigenvalue weighted by atomic mass is 10.1. The molecular formula is C17H21N3O2. The van der Waals surface area contributed by atoms with Crippen molar-refractivity contribution >= 4 is 0 Å². The molecule has 0 aliphatic carbocycles. The van der Waals surface area contributed by atoms with Gasteiger partial charge in [0.2, 0.25) is 0 Å². The quantitative estimate of drug-likeness (QED) is 0.907. The molecule has 116 valence electrons. The fraction of sp³-hybridized carbons (Fsp3) is 0.412. The van der Waals surface area contributed by atoms with E-state index < -0.39 is 0 Å². The summed E-state index contributed by atoms with van der Waals surface area (Å²) in [5.74, 6) is 0.666. The predicted octanol–water partition coefficient (Wildman–Crippen LogP) is 1.51. The van der Waals surface area contributed by atoms with E-state index in [1.807, 2.05) is 12.1 Å². The summed E-state index contributed by atoms with van der Waals surface area (Å²) in [6.45, 7) is 4.68. The lowest BCUT2D eigenvalue weighted by Gasteiger charge is -2.26. The molecule has 5 heteroatoms. The first-order chi connectivity index (χ1) is 10.8. The molecule has 2 heterocycles. The third-order valence-corrected chi connectivity index (χ3v) is 3.88. The van der Waals surface area contributed by atoms with E-state index in [-0.39, 0.29) is 6.61 Å². The van der Waals surface area contributed by atoms with Gasteiger partial charge in [0.15, 0.2) is 5.82 Å². The maximum absolute atomic E-state index is 9.19. The molecule has 0 atom stereocenters. The van der Waals surface area contributed by atoms with Crippen molar-refractivity contribution in [2.75, 3.05) is 32.8 Å². The van der Waals surface area contributed by atoms with E-state index >= 15 is 0 Å². The molecule has 3 rings (SSSR count). The molecule has 22 heavy (non-hydrogen) atoms. The molecule has 1 saturated heterocycles. The fourth-order valence-electron chi connectivity index (χ4n) is 2.60. The third kappa shape index (κ3) is 3.88. The van der Waals surface area contributed by atoms with Crippen LogP contribution < -0.4 is 0 Å². The number of aliphatic hydroxyl groups is 1. The maximum atomic E-state index is 9.19. The van der Waals surface area contributed by atoms with Crippen LogP contribution in [0.4, 0.5) is 0 Å². The van der Waals surface area contributed by atoms with Crippen molar-refractivity contribution in [3.63, 3.8) is 0 Å². The minimum atomic E-state index is -0.0633. The molecule has 0 spiro atoms. The minimum Gasteiger partial charge on any atom is -0.390 e. The van der Waals surface area contributed by atoms with Gasteiger partial charge in [-0.15, -0.1) is 0 Å². The van der Waals surface area contributed by atoms with Gasteiger partial charge in [0.05, 0.1) is 25.5 Å². The van der Waals surface area contributed by atoms with Crippen molar-refractivity contribution in [2.24, 2.45) is 0 Å². The molecule has 2 aromatic rings. The number of aromatic nitrogens is 2. The molecule has 1 fully saturated rings. The van der Waals surface area contributed by atoms with E-state index in [2.05, 4.69) is 27.0 Å². The Bertz CT molecular complexity index is 612. The average molecular weight is 299 g/mol. The van der Waals surface area contributed by atoms with E-state index in [9.17, 15) is 5.11 Å². The van der Waals surface area contributed by atoms with Gasteiger partial charge in [-0.3, -0.25) is 4.90 Å².